The van der Waals surface area contributed by atoms with Gasteiger partial charge in [-0.2, -0.15) is 0 Å². The average Bonchev–Trinajstić information content (AvgIpc) is 3.44. The second-order valence-electron chi connectivity index (χ2n) is 12.9. The van der Waals surface area contributed by atoms with Gasteiger partial charge in [0.05, 0.1) is 5.70 Å². The molecule has 4 heteroatoms. The number of aliphatic imine (C=N–C) groups is 2. The Kier molecular flexibility index (Phi) is 7.95. The van der Waals surface area contributed by atoms with Gasteiger partial charge >= 0.3 is 0 Å². The zero-order valence-corrected chi connectivity index (χ0v) is 28.4. The summed E-state index contributed by atoms with van der Waals surface area (Å²) in [6.07, 6.45) is 1.95. The molecule has 0 fully saturated rings. The topological polar surface area (TPSA) is 62.8 Å². The molecule has 8 aromatic carbocycles. The van der Waals surface area contributed by atoms with E-state index in [2.05, 4.69) is 151 Å². The third-order valence-corrected chi connectivity index (χ3v) is 9.62. The zero-order valence-electron chi connectivity index (χ0n) is 28.4. The molecule has 1 aliphatic rings. The summed E-state index contributed by atoms with van der Waals surface area (Å²) < 4.78 is 0. The fraction of sp³-hybridized carbons (Fsp3) is 0. The molecule has 0 unspecified atom stereocenters. The minimum absolute atomic E-state index is 0.626. The van der Waals surface area contributed by atoms with Crippen molar-refractivity contribution >= 4 is 44.6 Å². The van der Waals surface area contributed by atoms with Gasteiger partial charge in [0.1, 0.15) is 5.84 Å². The standard InChI is InChI=1S/C48H34N4/c49-39-23-13-19-35(30-39)34-18-11-20-36(28-34)44-31-50-47(33-16-5-2-6-17-33)52-48(51-44)38-22-12-21-37(29-38)46-42-26-9-7-24-40(42)45(32-14-3-1-4-15-32)41-25-8-10-27-43(41)46/h1-31H,49H2,(H,50,51,52). The smallest absolute Gasteiger partial charge is 0.162 e. The zero-order chi connectivity index (χ0) is 34.9. The first-order valence-corrected chi connectivity index (χ1v) is 17.5. The van der Waals surface area contributed by atoms with Crippen LogP contribution in [0.4, 0.5) is 5.69 Å². The summed E-state index contributed by atoms with van der Waals surface area (Å²) in [5.41, 5.74) is 17.4. The van der Waals surface area contributed by atoms with Crippen molar-refractivity contribution in [2.75, 3.05) is 5.73 Å². The predicted molar refractivity (Wildman–Crippen MR) is 219 cm³/mol. The number of amidine groups is 2. The number of hydrogen-bond acceptors (Lipinski definition) is 4. The molecule has 0 amide bonds. The molecule has 0 bridgehead atoms. The summed E-state index contributed by atoms with van der Waals surface area (Å²) >= 11 is 0. The molecule has 0 saturated heterocycles. The van der Waals surface area contributed by atoms with Crippen LogP contribution in [-0.4, -0.2) is 11.7 Å². The number of nitrogen functional groups attached to an aromatic ring is 1. The maximum absolute atomic E-state index is 6.14. The van der Waals surface area contributed by atoms with Gasteiger partial charge < -0.3 is 11.1 Å². The molecule has 0 saturated carbocycles. The van der Waals surface area contributed by atoms with Gasteiger partial charge in [0.25, 0.3) is 0 Å². The number of nitrogens with zero attached hydrogens (tertiary/aromatic N) is 2. The third kappa shape index (κ3) is 5.82. The van der Waals surface area contributed by atoms with E-state index in [0.717, 1.165) is 50.6 Å². The van der Waals surface area contributed by atoms with E-state index < -0.39 is 0 Å². The lowest BCUT2D eigenvalue weighted by Gasteiger charge is -2.18. The van der Waals surface area contributed by atoms with Gasteiger partial charge in [-0.05, 0) is 79.2 Å². The van der Waals surface area contributed by atoms with Crippen molar-refractivity contribution in [3.8, 4) is 33.4 Å². The number of rotatable bonds is 6. The highest BCUT2D eigenvalue weighted by molar-refractivity contribution is 6.22. The molecule has 0 spiro atoms. The number of hydrogen-bond donors (Lipinski definition) is 2. The highest BCUT2D eigenvalue weighted by Crippen LogP contribution is 2.43. The molecule has 0 aromatic heterocycles. The van der Waals surface area contributed by atoms with E-state index in [1.54, 1.807) is 0 Å². The molecule has 0 atom stereocenters. The van der Waals surface area contributed by atoms with Crippen molar-refractivity contribution in [1.29, 1.82) is 0 Å². The predicted octanol–water partition coefficient (Wildman–Crippen LogP) is 11.4. The molecular weight excluding hydrogens is 633 g/mol. The molecule has 3 N–H and O–H groups in total. The van der Waals surface area contributed by atoms with Gasteiger partial charge in [0.2, 0.25) is 0 Å². The van der Waals surface area contributed by atoms with Gasteiger partial charge in [-0.15, -0.1) is 0 Å². The second-order valence-corrected chi connectivity index (χ2v) is 12.9. The largest absolute Gasteiger partial charge is 0.399 e. The van der Waals surface area contributed by atoms with Crippen LogP contribution in [0.15, 0.2) is 198 Å². The second kappa shape index (κ2) is 13.3. The van der Waals surface area contributed by atoms with E-state index in [-0.39, 0.29) is 0 Å². The molecular formula is C48H34N4. The Labute approximate surface area is 303 Å². The van der Waals surface area contributed by atoms with Crippen molar-refractivity contribution in [2.45, 2.75) is 0 Å². The first-order valence-electron chi connectivity index (χ1n) is 17.5. The molecule has 52 heavy (non-hydrogen) atoms. The van der Waals surface area contributed by atoms with Crippen molar-refractivity contribution in [1.82, 2.24) is 5.32 Å². The van der Waals surface area contributed by atoms with Crippen molar-refractivity contribution in [3.05, 3.63) is 205 Å². The molecule has 8 aromatic rings. The lowest BCUT2D eigenvalue weighted by molar-refractivity contribution is 1.26. The van der Waals surface area contributed by atoms with Crippen LogP contribution >= 0.6 is 0 Å². The molecule has 4 nitrogen and oxygen atoms in total. The minimum Gasteiger partial charge on any atom is -0.399 e. The van der Waals surface area contributed by atoms with E-state index in [0.29, 0.717) is 5.84 Å². The maximum atomic E-state index is 6.14. The highest BCUT2D eigenvalue weighted by Gasteiger charge is 2.19. The van der Waals surface area contributed by atoms with Gasteiger partial charge in [-0.1, -0.05) is 158 Å². The van der Waals surface area contributed by atoms with E-state index in [1.165, 1.54) is 38.2 Å². The maximum Gasteiger partial charge on any atom is 0.162 e. The summed E-state index contributed by atoms with van der Waals surface area (Å²) in [6, 6.07) is 63.3. The summed E-state index contributed by atoms with van der Waals surface area (Å²) in [7, 11) is 0. The normalized spacial score (nSPS) is 12.8. The van der Waals surface area contributed by atoms with E-state index >= 15 is 0 Å². The number of fused-ring (bicyclic) bond motifs is 2. The third-order valence-electron chi connectivity index (χ3n) is 9.62. The summed E-state index contributed by atoms with van der Waals surface area (Å²) in [5.74, 6) is 1.36. The fourth-order valence-corrected chi connectivity index (χ4v) is 7.21. The monoisotopic (exact) mass is 666 g/mol. The highest BCUT2D eigenvalue weighted by atomic mass is 15.1. The number of nitrogens with two attached hydrogens (primary N) is 1. The molecule has 1 heterocycles. The first kappa shape index (κ1) is 31.0. The SMILES string of the molecule is Nc1cccc(-c2cccc(C3=CNC(c4ccccc4)=NC(c4cccc(-c5c6ccccc6c(-c6ccccc6)c6ccccc56)c4)=N3)c2)c1. The number of benzene rings is 8. The van der Waals surface area contributed by atoms with Crippen LogP contribution in [-0.2, 0) is 0 Å². The van der Waals surface area contributed by atoms with E-state index in [4.69, 9.17) is 15.7 Å². The molecule has 0 aliphatic carbocycles. The Bertz CT molecular complexity index is 2650. The Morgan fingerprint density at radius 3 is 1.46 bits per heavy atom. The van der Waals surface area contributed by atoms with Crippen molar-refractivity contribution < 1.29 is 0 Å². The Hall–Kier alpha value is -7.04. The van der Waals surface area contributed by atoms with Gasteiger partial charge in [-0.25, -0.2) is 9.98 Å². The Balaban J connectivity index is 1.22. The van der Waals surface area contributed by atoms with Crippen LogP contribution in [0.3, 0.4) is 0 Å². The van der Waals surface area contributed by atoms with Crippen molar-refractivity contribution in [2.24, 2.45) is 9.98 Å². The average molecular weight is 667 g/mol. The van der Waals surface area contributed by atoms with Crippen LogP contribution in [0.2, 0.25) is 0 Å². The number of nitrogens with one attached hydrogen (secondary N) is 1. The summed E-state index contributed by atoms with van der Waals surface area (Å²) in [4.78, 5) is 10.4. The lowest BCUT2D eigenvalue weighted by Crippen LogP contribution is -2.19. The summed E-state index contributed by atoms with van der Waals surface area (Å²) in [5, 5.41) is 8.33. The minimum atomic E-state index is 0.626. The first-order chi connectivity index (χ1) is 25.7. The molecule has 9 rings (SSSR count). The van der Waals surface area contributed by atoms with Gasteiger partial charge in [0, 0.05) is 28.6 Å². The van der Waals surface area contributed by atoms with Crippen LogP contribution < -0.4 is 11.1 Å². The fourth-order valence-electron chi connectivity index (χ4n) is 7.21. The Morgan fingerprint density at radius 2 is 0.827 bits per heavy atom. The lowest BCUT2D eigenvalue weighted by atomic mass is 9.85. The van der Waals surface area contributed by atoms with Crippen LogP contribution in [0.25, 0.3) is 60.6 Å². The molecule has 246 valence electrons. The Morgan fingerprint density at radius 1 is 0.365 bits per heavy atom. The van der Waals surface area contributed by atoms with Crippen LogP contribution in [0.1, 0.15) is 16.7 Å². The van der Waals surface area contributed by atoms with Crippen LogP contribution in [0, 0.1) is 0 Å². The molecule has 1 aliphatic heterocycles. The van der Waals surface area contributed by atoms with Gasteiger partial charge in [0.15, 0.2) is 5.84 Å². The van der Waals surface area contributed by atoms with Gasteiger partial charge in [-0.3, -0.25) is 0 Å². The van der Waals surface area contributed by atoms with Crippen LogP contribution in [0.5, 0.6) is 0 Å². The molecule has 0 radical (unpaired) electrons. The van der Waals surface area contributed by atoms with Crippen molar-refractivity contribution in [3.63, 3.8) is 0 Å². The summed E-state index contributed by atoms with van der Waals surface area (Å²) in [6.45, 7) is 0. The van der Waals surface area contributed by atoms with E-state index in [9.17, 15) is 0 Å². The number of anilines is 1. The van der Waals surface area contributed by atoms with E-state index in [1.807, 2.05) is 42.6 Å². The quantitative estimate of drug-likeness (QED) is 0.137.